The lowest BCUT2D eigenvalue weighted by Gasteiger charge is -2.23. The average Bonchev–Trinajstić information content (AvgIpc) is 2.81. The van der Waals surface area contributed by atoms with Gasteiger partial charge in [-0.25, -0.2) is 26.3 Å². The Kier molecular flexibility index (Phi) is 7.49. The van der Waals surface area contributed by atoms with Gasteiger partial charge in [-0.3, -0.25) is 0 Å². The maximum atomic E-state index is 14.6. The molecule has 4 unspecified atom stereocenters. The highest BCUT2D eigenvalue weighted by atomic mass is 19.3. The standard InChI is InChI=1S/C28H20F8O/c1-15-2-5-17(6-3-15)19-9-8-18(21(29)12-19)7-4-16-10-22(30)26(23(31)11-16)28(35,36)37-20-13-24(32)27(34)25(33)14-20/h2,5,8-15,17,24,27H,3,6H2,1H3. The third-order valence-corrected chi connectivity index (χ3v) is 6.09. The van der Waals surface area contributed by atoms with Crippen LogP contribution in [0.15, 0.2) is 66.2 Å². The fourth-order valence-corrected chi connectivity index (χ4v) is 4.08. The van der Waals surface area contributed by atoms with Crippen LogP contribution in [0.2, 0.25) is 0 Å². The van der Waals surface area contributed by atoms with Crippen LogP contribution in [0.1, 0.15) is 47.9 Å². The van der Waals surface area contributed by atoms with Gasteiger partial charge >= 0.3 is 6.11 Å². The summed E-state index contributed by atoms with van der Waals surface area (Å²) in [6, 6.07) is 5.44. The van der Waals surface area contributed by atoms with Crippen molar-refractivity contribution in [2.24, 2.45) is 5.92 Å². The Labute approximate surface area is 208 Å². The summed E-state index contributed by atoms with van der Waals surface area (Å²) in [5.41, 5.74) is -1.50. The maximum Gasteiger partial charge on any atom is 0.432 e. The van der Waals surface area contributed by atoms with E-state index in [0.29, 0.717) is 18.1 Å². The van der Waals surface area contributed by atoms with E-state index in [0.717, 1.165) is 18.4 Å². The van der Waals surface area contributed by atoms with Crippen LogP contribution in [0, 0.1) is 35.2 Å². The van der Waals surface area contributed by atoms with E-state index >= 15 is 0 Å². The molecule has 0 aromatic heterocycles. The van der Waals surface area contributed by atoms with E-state index in [1.54, 1.807) is 6.07 Å². The molecule has 0 N–H and O–H groups in total. The number of hydrogen-bond donors (Lipinski definition) is 0. The Morgan fingerprint density at radius 3 is 2.19 bits per heavy atom. The lowest BCUT2D eigenvalue weighted by molar-refractivity contribution is -0.225. The number of benzene rings is 2. The van der Waals surface area contributed by atoms with E-state index < -0.39 is 53.1 Å². The first-order chi connectivity index (χ1) is 17.4. The Morgan fingerprint density at radius 1 is 0.892 bits per heavy atom. The first-order valence-electron chi connectivity index (χ1n) is 11.4. The van der Waals surface area contributed by atoms with Gasteiger partial charge in [-0.05, 0) is 54.7 Å². The number of rotatable bonds is 4. The van der Waals surface area contributed by atoms with Crippen LogP contribution in [0.5, 0.6) is 0 Å². The van der Waals surface area contributed by atoms with E-state index in [9.17, 15) is 35.1 Å². The zero-order valence-corrected chi connectivity index (χ0v) is 19.4. The minimum Gasteiger partial charge on any atom is -0.429 e. The molecule has 2 aliphatic rings. The molecule has 0 spiro atoms. The van der Waals surface area contributed by atoms with Crippen LogP contribution in [-0.2, 0) is 10.8 Å². The van der Waals surface area contributed by atoms with Crippen molar-refractivity contribution in [3.63, 3.8) is 0 Å². The summed E-state index contributed by atoms with van der Waals surface area (Å²) in [4.78, 5) is 0. The summed E-state index contributed by atoms with van der Waals surface area (Å²) in [7, 11) is 0. The highest BCUT2D eigenvalue weighted by Gasteiger charge is 2.42. The number of ether oxygens (including phenoxy) is 1. The SMILES string of the molecule is CC1C=CC(c2ccc(C#Cc3cc(F)c(C(F)(F)OC4=CC(F)C(F)C(F)=C4)c(F)c3)c(F)c2)CC1. The molecule has 0 amide bonds. The predicted octanol–water partition coefficient (Wildman–Crippen LogP) is 8.07. The molecule has 4 atom stereocenters. The smallest absolute Gasteiger partial charge is 0.429 e. The second kappa shape index (κ2) is 10.4. The fourth-order valence-electron chi connectivity index (χ4n) is 4.08. The van der Waals surface area contributed by atoms with Gasteiger partial charge in [-0.1, -0.05) is 37.0 Å². The Hall–Kier alpha value is -3.54. The number of halogens is 8. The molecule has 2 aromatic rings. The van der Waals surface area contributed by atoms with Crippen LogP contribution in [0.3, 0.4) is 0 Å². The van der Waals surface area contributed by atoms with Gasteiger partial charge in [0.15, 0.2) is 12.3 Å². The second-order valence-corrected chi connectivity index (χ2v) is 8.91. The first kappa shape index (κ1) is 26.5. The minimum atomic E-state index is -4.70. The van der Waals surface area contributed by atoms with Crippen molar-refractivity contribution in [2.45, 2.75) is 44.1 Å². The fraction of sp³-hybridized carbons (Fsp3) is 0.286. The molecule has 4 rings (SSSR count). The summed E-state index contributed by atoms with van der Waals surface area (Å²) in [6.45, 7) is 2.09. The molecule has 2 aliphatic carbocycles. The maximum absolute atomic E-state index is 14.6. The Bertz CT molecular complexity index is 1320. The molecule has 0 heterocycles. The molecule has 0 aliphatic heterocycles. The zero-order valence-electron chi connectivity index (χ0n) is 19.4. The van der Waals surface area contributed by atoms with Gasteiger partial charge in [0.1, 0.15) is 34.6 Å². The van der Waals surface area contributed by atoms with E-state index in [-0.39, 0.29) is 29.2 Å². The van der Waals surface area contributed by atoms with Gasteiger partial charge in [0.25, 0.3) is 0 Å². The van der Waals surface area contributed by atoms with Crippen molar-refractivity contribution in [3.8, 4) is 11.8 Å². The molecule has 2 aromatic carbocycles. The van der Waals surface area contributed by atoms with Crippen molar-refractivity contribution in [1.82, 2.24) is 0 Å². The second-order valence-electron chi connectivity index (χ2n) is 8.91. The molecular formula is C28H20F8O. The predicted molar refractivity (Wildman–Crippen MR) is 121 cm³/mol. The monoisotopic (exact) mass is 524 g/mol. The minimum absolute atomic E-state index is 0.0551. The summed E-state index contributed by atoms with van der Waals surface area (Å²) >= 11 is 0. The first-order valence-corrected chi connectivity index (χ1v) is 11.4. The van der Waals surface area contributed by atoms with Crippen LogP contribution < -0.4 is 0 Å². The van der Waals surface area contributed by atoms with E-state index in [4.69, 9.17) is 0 Å². The van der Waals surface area contributed by atoms with Gasteiger partial charge in [-0.15, -0.1) is 0 Å². The van der Waals surface area contributed by atoms with Gasteiger partial charge in [0.05, 0.1) is 5.56 Å². The number of alkyl halides is 4. The quantitative estimate of drug-likeness (QED) is 0.223. The average molecular weight is 524 g/mol. The zero-order chi connectivity index (χ0) is 26.9. The molecule has 0 radical (unpaired) electrons. The normalized spacial score (nSPS) is 23.6. The molecular weight excluding hydrogens is 504 g/mol. The summed E-state index contributed by atoms with van der Waals surface area (Å²) in [6.07, 6.45) is -3.68. The lowest BCUT2D eigenvalue weighted by Crippen LogP contribution is -2.25. The largest absolute Gasteiger partial charge is 0.432 e. The molecule has 0 saturated carbocycles. The van der Waals surface area contributed by atoms with Crippen LogP contribution in [0.4, 0.5) is 35.1 Å². The van der Waals surface area contributed by atoms with Crippen LogP contribution in [-0.4, -0.2) is 12.3 Å². The van der Waals surface area contributed by atoms with Gasteiger partial charge in [0, 0.05) is 17.6 Å². The summed E-state index contributed by atoms with van der Waals surface area (Å²) in [5.74, 6) is -1.72. The van der Waals surface area contributed by atoms with Gasteiger partial charge < -0.3 is 4.74 Å². The highest BCUT2D eigenvalue weighted by molar-refractivity contribution is 5.46. The highest BCUT2D eigenvalue weighted by Crippen LogP contribution is 2.38. The number of allylic oxidation sites excluding steroid dienone is 5. The molecule has 1 nitrogen and oxygen atoms in total. The summed E-state index contributed by atoms with van der Waals surface area (Å²) < 4.78 is 116. The van der Waals surface area contributed by atoms with Crippen LogP contribution in [0.25, 0.3) is 0 Å². The van der Waals surface area contributed by atoms with Crippen molar-refractivity contribution in [2.75, 3.05) is 0 Å². The summed E-state index contributed by atoms with van der Waals surface area (Å²) in [5, 5.41) is 0. The van der Waals surface area contributed by atoms with E-state index in [1.165, 1.54) is 12.1 Å². The molecule has 194 valence electrons. The van der Waals surface area contributed by atoms with Crippen molar-refractivity contribution in [3.05, 3.63) is 106 Å². The number of hydrogen-bond acceptors (Lipinski definition) is 1. The molecule has 37 heavy (non-hydrogen) atoms. The van der Waals surface area contributed by atoms with Crippen molar-refractivity contribution in [1.29, 1.82) is 0 Å². The molecule has 0 saturated heterocycles. The van der Waals surface area contributed by atoms with E-state index in [1.807, 2.05) is 6.08 Å². The van der Waals surface area contributed by atoms with Gasteiger partial charge in [-0.2, -0.15) is 8.78 Å². The lowest BCUT2D eigenvalue weighted by atomic mass is 9.85. The Balaban J connectivity index is 1.55. The molecule has 0 bridgehead atoms. The topological polar surface area (TPSA) is 9.23 Å². The molecule has 9 heteroatoms. The van der Waals surface area contributed by atoms with Crippen LogP contribution >= 0.6 is 0 Å². The third kappa shape index (κ3) is 5.90. The van der Waals surface area contributed by atoms with Crippen molar-refractivity contribution >= 4 is 0 Å². The van der Waals surface area contributed by atoms with Gasteiger partial charge in [0.2, 0.25) is 0 Å². The molecule has 0 fully saturated rings. The van der Waals surface area contributed by atoms with E-state index in [2.05, 4.69) is 29.6 Å². The van der Waals surface area contributed by atoms with Crippen molar-refractivity contribution < 1.29 is 39.9 Å². The third-order valence-electron chi connectivity index (χ3n) is 6.09. The Morgan fingerprint density at radius 2 is 1.59 bits per heavy atom.